The second-order valence-electron chi connectivity index (χ2n) is 6.61. The molecule has 2 fully saturated rings. The van der Waals surface area contributed by atoms with Gasteiger partial charge in [0.05, 0.1) is 18.2 Å². The Morgan fingerprint density at radius 2 is 1.83 bits per heavy atom. The van der Waals surface area contributed by atoms with E-state index in [2.05, 4.69) is 6.08 Å². The first-order valence-electron chi connectivity index (χ1n) is 8.48. The lowest BCUT2D eigenvalue weighted by molar-refractivity contribution is -0.222. The zero-order valence-corrected chi connectivity index (χ0v) is 14.3. The van der Waals surface area contributed by atoms with Gasteiger partial charge < -0.3 is 9.47 Å². The molecule has 1 heterocycles. The summed E-state index contributed by atoms with van der Waals surface area (Å²) in [5, 5.41) is 0.196. The van der Waals surface area contributed by atoms with Crippen molar-refractivity contribution in [3.05, 3.63) is 46.8 Å². The van der Waals surface area contributed by atoms with Crippen LogP contribution in [0.15, 0.2) is 30.4 Å². The highest BCUT2D eigenvalue weighted by Crippen LogP contribution is 2.39. The second-order valence-corrected chi connectivity index (χ2v) is 7.01. The van der Waals surface area contributed by atoms with Crippen molar-refractivity contribution in [1.82, 2.24) is 0 Å². The monoisotopic (exact) mass is 338 g/mol. The van der Waals surface area contributed by atoms with E-state index in [9.17, 15) is 4.39 Å². The summed E-state index contributed by atoms with van der Waals surface area (Å²) in [5.41, 5.74) is 1.06. The van der Waals surface area contributed by atoms with Crippen LogP contribution in [-0.4, -0.2) is 19.5 Å². The molecule has 0 aromatic heterocycles. The number of rotatable bonds is 3. The molecule has 0 radical (unpaired) electrons. The summed E-state index contributed by atoms with van der Waals surface area (Å²) in [7, 11) is 0. The van der Waals surface area contributed by atoms with E-state index in [1.807, 2.05) is 19.1 Å². The minimum absolute atomic E-state index is 0.0700. The maximum absolute atomic E-state index is 13.6. The van der Waals surface area contributed by atoms with Gasteiger partial charge in [-0.15, -0.1) is 0 Å². The molecule has 0 N–H and O–H groups in total. The number of ether oxygens (including phenoxy) is 2. The molecule has 0 unspecified atom stereocenters. The van der Waals surface area contributed by atoms with Crippen molar-refractivity contribution < 1.29 is 13.9 Å². The lowest BCUT2D eigenvalue weighted by Crippen LogP contribution is -2.37. The Morgan fingerprint density at radius 1 is 1.13 bits per heavy atom. The largest absolute Gasteiger partial charge is 0.352 e. The van der Waals surface area contributed by atoms with Crippen LogP contribution in [0.2, 0.25) is 5.02 Å². The minimum atomic E-state index is -0.319. The molecule has 0 bridgehead atoms. The number of hydrogen-bond donors (Lipinski definition) is 0. The van der Waals surface area contributed by atoms with Gasteiger partial charge in [0, 0.05) is 11.8 Å². The predicted molar refractivity (Wildman–Crippen MR) is 90.1 cm³/mol. The fourth-order valence-corrected chi connectivity index (χ4v) is 3.80. The van der Waals surface area contributed by atoms with E-state index in [0.29, 0.717) is 17.8 Å². The Balaban J connectivity index is 1.51. The lowest BCUT2D eigenvalue weighted by Gasteiger charge is -2.37. The number of halogens is 2. The Kier molecular flexibility index (Phi) is 5.73. The van der Waals surface area contributed by atoms with Crippen molar-refractivity contribution in [2.24, 2.45) is 11.8 Å². The molecule has 1 aliphatic carbocycles. The molecule has 2 nitrogen and oxygen atoms in total. The topological polar surface area (TPSA) is 18.5 Å². The van der Waals surface area contributed by atoms with Gasteiger partial charge in [-0.1, -0.05) is 29.8 Å². The second kappa shape index (κ2) is 7.78. The summed E-state index contributed by atoms with van der Waals surface area (Å²) in [6, 6.07) is 5.20. The first-order chi connectivity index (χ1) is 11.2. The van der Waals surface area contributed by atoms with Crippen LogP contribution in [0, 0.1) is 17.7 Å². The van der Waals surface area contributed by atoms with E-state index in [0.717, 1.165) is 44.5 Å². The highest BCUT2D eigenvalue weighted by Gasteiger charge is 2.32. The van der Waals surface area contributed by atoms with Crippen LogP contribution < -0.4 is 0 Å². The number of allylic oxidation sites excluding steroid dienone is 1. The Bertz CT molecular complexity index is 544. The van der Waals surface area contributed by atoms with E-state index in [1.54, 1.807) is 12.1 Å². The summed E-state index contributed by atoms with van der Waals surface area (Å²) in [4.78, 5) is 0. The van der Waals surface area contributed by atoms with Crippen molar-refractivity contribution >= 4 is 11.6 Å². The Morgan fingerprint density at radius 3 is 2.43 bits per heavy atom. The van der Waals surface area contributed by atoms with E-state index >= 15 is 0 Å². The molecule has 1 saturated heterocycles. The van der Waals surface area contributed by atoms with Crippen LogP contribution >= 0.6 is 11.6 Å². The van der Waals surface area contributed by atoms with Gasteiger partial charge in [-0.3, -0.25) is 0 Å². The lowest BCUT2D eigenvalue weighted by atomic mass is 9.78. The molecule has 0 amide bonds. The van der Waals surface area contributed by atoms with Crippen LogP contribution in [0.25, 0.3) is 0 Å². The summed E-state index contributed by atoms with van der Waals surface area (Å²) >= 11 is 5.77. The van der Waals surface area contributed by atoms with Gasteiger partial charge in [0.2, 0.25) is 0 Å². The van der Waals surface area contributed by atoms with E-state index in [4.69, 9.17) is 21.1 Å². The Labute approximate surface area is 142 Å². The SMILES string of the molecule is CC=CC1COC(C2CCC(c3ccc(Cl)c(F)c3)CC2)OC1. The van der Waals surface area contributed by atoms with Gasteiger partial charge in [0.15, 0.2) is 6.29 Å². The van der Waals surface area contributed by atoms with Gasteiger partial charge >= 0.3 is 0 Å². The van der Waals surface area contributed by atoms with Gasteiger partial charge in [0.1, 0.15) is 5.82 Å². The van der Waals surface area contributed by atoms with Crippen LogP contribution in [0.3, 0.4) is 0 Å². The number of benzene rings is 1. The van der Waals surface area contributed by atoms with Crippen molar-refractivity contribution in [2.45, 2.75) is 44.8 Å². The highest BCUT2D eigenvalue weighted by molar-refractivity contribution is 6.30. The summed E-state index contributed by atoms with van der Waals surface area (Å²) in [6.45, 7) is 3.52. The molecule has 4 heteroatoms. The molecule has 1 aromatic rings. The van der Waals surface area contributed by atoms with Gasteiger partial charge in [0.25, 0.3) is 0 Å². The van der Waals surface area contributed by atoms with Gasteiger partial charge in [-0.05, 0) is 56.2 Å². The van der Waals surface area contributed by atoms with E-state index < -0.39 is 0 Å². The summed E-state index contributed by atoms with van der Waals surface area (Å²) in [5.74, 6) is 0.928. The van der Waals surface area contributed by atoms with Crippen LogP contribution in [0.1, 0.15) is 44.1 Å². The van der Waals surface area contributed by atoms with Crippen molar-refractivity contribution in [1.29, 1.82) is 0 Å². The third kappa shape index (κ3) is 4.14. The molecule has 126 valence electrons. The zero-order valence-electron chi connectivity index (χ0n) is 13.5. The van der Waals surface area contributed by atoms with Crippen molar-refractivity contribution in [3.8, 4) is 0 Å². The van der Waals surface area contributed by atoms with Crippen molar-refractivity contribution in [2.75, 3.05) is 13.2 Å². The molecule has 1 saturated carbocycles. The van der Waals surface area contributed by atoms with Crippen LogP contribution in [-0.2, 0) is 9.47 Å². The molecule has 0 spiro atoms. The standard InChI is InChI=1S/C19H24ClFO2/c1-2-3-13-11-22-19(23-12-13)15-6-4-14(5-7-15)16-8-9-17(20)18(21)10-16/h2-3,8-10,13-15,19H,4-7,11-12H2,1H3. The third-order valence-electron chi connectivity index (χ3n) is 4.99. The first kappa shape index (κ1) is 16.9. The molecular formula is C19H24ClFO2. The van der Waals surface area contributed by atoms with Crippen molar-refractivity contribution in [3.63, 3.8) is 0 Å². The zero-order chi connectivity index (χ0) is 16.2. The molecule has 0 atom stereocenters. The maximum atomic E-state index is 13.6. The fraction of sp³-hybridized carbons (Fsp3) is 0.579. The van der Waals surface area contributed by atoms with E-state index in [1.165, 1.54) is 0 Å². The fourth-order valence-electron chi connectivity index (χ4n) is 3.68. The molecule has 23 heavy (non-hydrogen) atoms. The highest BCUT2D eigenvalue weighted by atomic mass is 35.5. The average molecular weight is 339 g/mol. The quantitative estimate of drug-likeness (QED) is 0.694. The first-order valence-corrected chi connectivity index (χ1v) is 8.86. The Hall–Kier alpha value is -0.900. The third-order valence-corrected chi connectivity index (χ3v) is 5.29. The molecule has 1 aliphatic heterocycles. The molecule has 2 aliphatic rings. The molecule has 3 rings (SSSR count). The van der Waals surface area contributed by atoms with Gasteiger partial charge in [-0.2, -0.15) is 0 Å². The smallest absolute Gasteiger partial charge is 0.160 e. The van der Waals surface area contributed by atoms with Crippen LogP contribution in [0.5, 0.6) is 0 Å². The molecule has 1 aromatic carbocycles. The van der Waals surface area contributed by atoms with Gasteiger partial charge in [-0.25, -0.2) is 4.39 Å². The van der Waals surface area contributed by atoms with E-state index in [-0.39, 0.29) is 17.1 Å². The minimum Gasteiger partial charge on any atom is -0.352 e. The summed E-state index contributed by atoms with van der Waals surface area (Å²) in [6.07, 6.45) is 8.35. The molecular weight excluding hydrogens is 315 g/mol. The number of hydrogen-bond acceptors (Lipinski definition) is 2. The normalized spacial score (nSPS) is 32.3. The summed E-state index contributed by atoms with van der Waals surface area (Å²) < 4.78 is 25.4. The average Bonchev–Trinajstić information content (AvgIpc) is 2.59. The maximum Gasteiger partial charge on any atom is 0.160 e. The predicted octanol–water partition coefficient (Wildman–Crippen LogP) is 5.32. The van der Waals surface area contributed by atoms with Crippen LogP contribution in [0.4, 0.5) is 4.39 Å².